The third-order valence-corrected chi connectivity index (χ3v) is 6.94. The van der Waals surface area contributed by atoms with Crippen LogP contribution in [0, 0.1) is 5.82 Å². The van der Waals surface area contributed by atoms with Gasteiger partial charge in [-0.25, -0.2) is 14.2 Å². The highest BCUT2D eigenvalue weighted by molar-refractivity contribution is 6.35. The number of methoxy groups -OCH3 is 3. The molecule has 40 heavy (non-hydrogen) atoms. The van der Waals surface area contributed by atoms with Crippen LogP contribution >= 0.6 is 23.2 Å². The SMILES string of the molecule is COc1ccc(NCc2ccc(C(=O)O[C@@H](Cc3c(Cl)c[nH+]cc3Cl)c3ccc(OC)c(OC)c3)cc2)c(F)c1. The average Bonchev–Trinajstić information content (AvgIpc) is 2.97. The highest BCUT2D eigenvalue weighted by Gasteiger charge is 2.24. The molecule has 0 fully saturated rings. The summed E-state index contributed by atoms with van der Waals surface area (Å²) in [7, 11) is 4.56. The number of esters is 1. The van der Waals surface area contributed by atoms with Crippen molar-refractivity contribution in [3.8, 4) is 17.2 Å². The smallest absolute Gasteiger partial charge is 0.338 e. The fraction of sp³-hybridized carbons (Fsp3) is 0.200. The monoisotopic (exact) mass is 585 g/mol. The van der Waals surface area contributed by atoms with Crippen LogP contribution < -0.4 is 24.5 Å². The Hall–Kier alpha value is -4.01. The van der Waals surface area contributed by atoms with Crippen LogP contribution in [0.2, 0.25) is 10.0 Å². The van der Waals surface area contributed by atoms with E-state index in [0.29, 0.717) is 56.2 Å². The van der Waals surface area contributed by atoms with Crippen molar-refractivity contribution in [1.29, 1.82) is 0 Å². The van der Waals surface area contributed by atoms with Gasteiger partial charge >= 0.3 is 5.97 Å². The van der Waals surface area contributed by atoms with Crippen LogP contribution in [0.4, 0.5) is 10.1 Å². The van der Waals surface area contributed by atoms with Gasteiger partial charge in [0.15, 0.2) is 23.9 Å². The van der Waals surface area contributed by atoms with Gasteiger partial charge < -0.3 is 24.3 Å². The van der Waals surface area contributed by atoms with E-state index < -0.39 is 17.9 Å². The molecular weight excluding hydrogens is 558 g/mol. The topological polar surface area (TPSA) is 80.2 Å². The molecule has 2 N–H and O–H groups in total. The molecular formula is C30H28Cl2FN2O5+. The predicted octanol–water partition coefficient (Wildman–Crippen LogP) is 6.73. The van der Waals surface area contributed by atoms with E-state index in [1.54, 1.807) is 74.1 Å². The number of rotatable bonds is 11. The molecule has 1 atom stereocenters. The molecule has 0 unspecified atom stereocenters. The van der Waals surface area contributed by atoms with Gasteiger partial charge in [0.05, 0.1) is 32.6 Å². The maximum absolute atomic E-state index is 14.2. The van der Waals surface area contributed by atoms with Crippen LogP contribution in [0.5, 0.6) is 17.2 Å². The first-order valence-corrected chi connectivity index (χ1v) is 13.0. The molecule has 0 aliphatic rings. The number of aromatic nitrogens is 1. The zero-order valence-corrected chi connectivity index (χ0v) is 23.6. The number of halogens is 3. The second-order valence-corrected chi connectivity index (χ2v) is 9.55. The van der Waals surface area contributed by atoms with E-state index in [1.807, 2.05) is 0 Å². The third kappa shape index (κ3) is 6.94. The lowest BCUT2D eigenvalue weighted by Gasteiger charge is -2.20. The molecule has 0 aliphatic carbocycles. The van der Waals surface area contributed by atoms with Gasteiger partial charge in [0.25, 0.3) is 0 Å². The number of aromatic amines is 1. The summed E-state index contributed by atoms with van der Waals surface area (Å²) in [6.07, 6.45) is 2.72. The molecule has 1 aromatic heterocycles. The highest BCUT2D eigenvalue weighted by atomic mass is 35.5. The van der Waals surface area contributed by atoms with Crippen LogP contribution in [0.15, 0.2) is 73.1 Å². The lowest BCUT2D eigenvalue weighted by Crippen LogP contribution is -2.16. The van der Waals surface area contributed by atoms with Gasteiger partial charge in [0.1, 0.15) is 27.7 Å². The molecule has 0 spiro atoms. The predicted molar refractivity (Wildman–Crippen MR) is 151 cm³/mol. The first-order valence-electron chi connectivity index (χ1n) is 12.3. The van der Waals surface area contributed by atoms with E-state index in [4.69, 9.17) is 42.1 Å². The Morgan fingerprint density at radius 2 is 1.60 bits per heavy atom. The summed E-state index contributed by atoms with van der Waals surface area (Å²) in [6, 6.07) is 16.7. The lowest BCUT2D eigenvalue weighted by atomic mass is 10.0. The maximum atomic E-state index is 14.2. The Morgan fingerprint density at radius 3 is 2.23 bits per heavy atom. The average molecular weight is 586 g/mol. The van der Waals surface area contributed by atoms with Crippen molar-refractivity contribution in [2.24, 2.45) is 0 Å². The van der Waals surface area contributed by atoms with Crippen molar-refractivity contribution < 1.29 is 33.1 Å². The number of hydrogen-bond donors (Lipinski definition) is 1. The second kappa shape index (κ2) is 13.4. The van der Waals surface area contributed by atoms with Crippen LogP contribution in [0.1, 0.15) is 33.2 Å². The highest BCUT2D eigenvalue weighted by Crippen LogP contribution is 2.35. The van der Waals surface area contributed by atoms with Crippen LogP contribution in [0.3, 0.4) is 0 Å². The summed E-state index contributed by atoms with van der Waals surface area (Å²) in [5.41, 5.74) is 2.85. The van der Waals surface area contributed by atoms with Gasteiger partial charge in [-0.2, -0.15) is 0 Å². The molecule has 0 aliphatic heterocycles. The summed E-state index contributed by atoms with van der Waals surface area (Å²) < 4.78 is 36.0. The zero-order chi connectivity index (χ0) is 28.6. The molecule has 10 heteroatoms. The van der Waals surface area contributed by atoms with Crippen molar-refractivity contribution >= 4 is 34.9 Å². The maximum Gasteiger partial charge on any atom is 0.338 e. The van der Waals surface area contributed by atoms with Gasteiger partial charge in [-0.15, -0.1) is 0 Å². The summed E-state index contributed by atoms with van der Waals surface area (Å²) >= 11 is 12.8. The molecule has 0 saturated heterocycles. The van der Waals surface area contributed by atoms with E-state index in [0.717, 1.165) is 5.56 Å². The molecule has 0 radical (unpaired) electrons. The molecule has 4 rings (SSSR count). The Bertz CT molecular complexity index is 1460. The number of pyridine rings is 1. The molecule has 7 nitrogen and oxygen atoms in total. The summed E-state index contributed by atoms with van der Waals surface area (Å²) in [5.74, 6) is 0.519. The minimum absolute atomic E-state index is 0.225. The normalized spacial score (nSPS) is 11.4. The Labute approximate surface area is 241 Å². The summed E-state index contributed by atoms with van der Waals surface area (Å²) in [5, 5.41) is 3.88. The zero-order valence-electron chi connectivity index (χ0n) is 22.1. The van der Waals surface area contributed by atoms with Gasteiger partial charge in [-0.1, -0.05) is 41.4 Å². The van der Waals surface area contributed by atoms with Gasteiger partial charge in [0.2, 0.25) is 0 Å². The Balaban J connectivity index is 1.52. The van der Waals surface area contributed by atoms with E-state index in [9.17, 15) is 9.18 Å². The van der Waals surface area contributed by atoms with Crippen LogP contribution in [0.25, 0.3) is 0 Å². The molecule has 0 amide bonds. The van der Waals surface area contributed by atoms with E-state index in [1.165, 1.54) is 20.3 Å². The number of hydrogen-bond acceptors (Lipinski definition) is 6. The van der Waals surface area contributed by atoms with E-state index in [-0.39, 0.29) is 6.42 Å². The number of nitrogens with one attached hydrogen (secondary N) is 2. The van der Waals surface area contributed by atoms with Crippen LogP contribution in [-0.2, 0) is 17.7 Å². The van der Waals surface area contributed by atoms with Crippen molar-refractivity contribution in [3.63, 3.8) is 0 Å². The number of ether oxygens (including phenoxy) is 4. The largest absolute Gasteiger partial charge is 0.497 e. The second-order valence-electron chi connectivity index (χ2n) is 8.74. The summed E-state index contributed by atoms with van der Waals surface area (Å²) in [6.45, 7) is 0.356. The van der Waals surface area contributed by atoms with E-state index >= 15 is 0 Å². The molecule has 1 heterocycles. The van der Waals surface area contributed by atoms with Crippen molar-refractivity contribution in [1.82, 2.24) is 0 Å². The first-order chi connectivity index (χ1) is 19.3. The number of benzene rings is 3. The number of carbonyl (C=O) groups is 1. The number of H-pyrrole nitrogens is 1. The van der Waals surface area contributed by atoms with Crippen molar-refractivity contribution in [3.05, 3.63) is 111 Å². The van der Waals surface area contributed by atoms with Gasteiger partial charge in [0, 0.05) is 24.6 Å². The quantitative estimate of drug-likeness (QED) is 0.197. The number of anilines is 1. The molecule has 0 bridgehead atoms. The molecule has 3 aromatic carbocycles. The fourth-order valence-electron chi connectivity index (χ4n) is 4.06. The minimum Gasteiger partial charge on any atom is -0.497 e. The number of carbonyl (C=O) groups excluding carboxylic acids is 1. The van der Waals surface area contributed by atoms with E-state index in [2.05, 4.69) is 10.3 Å². The third-order valence-electron chi connectivity index (χ3n) is 6.26. The van der Waals surface area contributed by atoms with Crippen LogP contribution in [-0.4, -0.2) is 27.3 Å². The summed E-state index contributed by atoms with van der Waals surface area (Å²) in [4.78, 5) is 16.1. The molecule has 4 aromatic rings. The Kier molecular flexibility index (Phi) is 9.69. The minimum atomic E-state index is -0.732. The first kappa shape index (κ1) is 29.0. The van der Waals surface area contributed by atoms with Gasteiger partial charge in [-0.05, 0) is 47.5 Å². The van der Waals surface area contributed by atoms with Crippen molar-refractivity contribution in [2.75, 3.05) is 26.6 Å². The van der Waals surface area contributed by atoms with Gasteiger partial charge in [-0.3, -0.25) is 0 Å². The molecule has 0 saturated carbocycles. The van der Waals surface area contributed by atoms with Crippen molar-refractivity contribution in [2.45, 2.75) is 19.1 Å². The lowest BCUT2D eigenvalue weighted by molar-refractivity contribution is -0.377. The Morgan fingerprint density at radius 1 is 0.900 bits per heavy atom. The standard InChI is InChI=1S/C30H27Cl2FN2O5/c1-37-21-9-10-26(25(33)13-21)35-15-18-4-6-19(7-5-18)30(36)40-28(14-22-23(31)16-34-17-24(22)32)20-8-11-27(38-2)29(12-20)39-3/h4-13,16-17,28,35H,14-15H2,1-3H3/p+1/t28-/m0/s1. The fourth-order valence-corrected chi connectivity index (χ4v) is 4.59. The molecule has 208 valence electrons.